The molecule has 0 radical (unpaired) electrons. The highest BCUT2D eigenvalue weighted by Gasteiger charge is 2.22. The standard InChI is InChI=1S/C24H21F2NO4/c25-16-3-8-23(22(26)11-16)27-17-4-6-20-14(9-17)1-2-15-10-19(31-13-18(29)12-28)5-7-21(15)24(20)30/h3-11,18,27-29H,1-2,12-13H2. The van der Waals surface area contributed by atoms with Gasteiger partial charge in [0.2, 0.25) is 0 Å². The largest absolute Gasteiger partial charge is 0.491 e. The van der Waals surface area contributed by atoms with Crippen LogP contribution in [0, 0.1) is 11.6 Å². The summed E-state index contributed by atoms with van der Waals surface area (Å²) in [4.78, 5) is 13.1. The van der Waals surface area contributed by atoms with E-state index < -0.39 is 24.3 Å². The number of benzene rings is 3. The molecule has 3 aromatic rings. The predicted octanol–water partition coefficient (Wildman–Crippen LogP) is 3.77. The Hall–Kier alpha value is -3.29. The van der Waals surface area contributed by atoms with E-state index in [2.05, 4.69) is 5.32 Å². The molecule has 0 aromatic heterocycles. The number of aliphatic hydroxyl groups is 2. The number of halogens is 2. The lowest BCUT2D eigenvalue weighted by Gasteiger charge is -2.12. The molecule has 1 unspecified atom stereocenters. The van der Waals surface area contributed by atoms with Gasteiger partial charge in [-0.25, -0.2) is 8.78 Å². The average Bonchev–Trinajstić information content (AvgIpc) is 2.90. The van der Waals surface area contributed by atoms with Gasteiger partial charge in [0, 0.05) is 22.9 Å². The number of carbonyl (C=O) groups is 1. The summed E-state index contributed by atoms with van der Waals surface area (Å²) in [6, 6.07) is 13.7. The molecule has 0 saturated carbocycles. The highest BCUT2D eigenvalue weighted by molar-refractivity contribution is 6.11. The fraction of sp³-hybridized carbons (Fsp3) is 0.208. The number of aryl methyl sites for hydroxylation is 2. The molecule has 3 aromatic carbocycles. The van der Waals surface area contributed by atoms with Gasteiger partial charge in [0.05, 0.1) is 12.3 Å². The molecule has 3 N–H and O–H groups in total. The van der Waals surface area contributed by atoms with E-state index in [1.54, 1.807) is 36.4 Å². The van der Waals surface area contributed by atoms with Crippen molar-refractivity contribution in [3.8, 4) is 5.75 Å². The van der Waals surface area contributed by atoms with Gasteiger partial charge in [0.25, 0.3) is 0 Å². The number of ether oxygens (including phenoxy) is 1. The summed E-state index contributed by atoms with van der Waals surface area (Å²) in [5.74, 6) is -0.942. The monoisotopic (exact) mass is 425 g/mol. The van der Waals surface area contributed by atoms with Crippen molar-refractivity contribution in [2.45, 2.75) is 18.9 Å². The maximum Gasteiger partial charge on any atom is 0.193 e. The van der Waals surface area contributed by atoms with Crippen molar-refractivity contribution in [3.05, 3.63) is 88.5 Å². The van der Waals surface area contributed by atoms with Crippen molar-refractivity contribution in [2.75, 3.05) is 18.5 Å². The van der Waals surface area contributed by atoms with Gasteiger partial charge in [0.1, 0.15) is 30.1 Å². The zero-order valence-electron chi connectivity index (χ0n) is 16.6. The molecule has 0 aliphatic heterocycles. The van der Waals surface area contributed by atoms with Crippen molar-refractivity contribution in [3.63, 3.8) is 0 Å². The molecule has 5 nitrogen and oxygen atoms in total. The van der Waals surface area contributed by atoms with Crippen molar-refractivity contribution in [1.82, 2.24) is 0 Å². The Labute approximate surface area is 177 Å². The van der Waals surface area contributed by atoms with Crippen LogP contribution in [0.25, 0.3) is 0 Å². The van der Waals surface area contributed by atoms with Crippen molar-refractivity contribution < 1.29 is 28.5 Å². The maximum atomic E-state index is 14.0. The van der Waals surface area contributed by atoms with Gasteiger partial charge in [-0.15, -0.1) is 0 Å². The first-order valence-electron chi connectivity index (χ1n) is 9.89. The Kier molecular flexibility index (Phi) is 5.97. The highest BCUT2D eigenvalue weighted by Crippen LogP contribution is 2.30. The second kappa shape index (κ2) is 8.83. The van der Waals surface area contributed by atoms with E-state index in [9.17, 15) is 18.7 Å². The third-order valence-electron chi connectivity index (χ3n) is 5.20. The van der Waals surface area contributed by atoms with Crippen LogP contribution in [0.4, 0.5) is 20.2 Å². The van der Waals surface area contributed by atoms with Gasteiger partial charge in [-0.05, 0) is 72.5 Å². The first kappa shape index (κ1) is 21.0. The molecular weight excluding hydrogens is 404 g/mol. The minimum atomic E-state index is -0.971. The SMILES string of the molecule is O=C1c2ccc(Nc3ccc(F)cc3F)cc2CCc2cc(OCC(O)CO)ccc21. The molecule has 0 heterocycles. The zero-order chi connectivity index (χ0) is 22.0. The molecular formula is C24H21F2NO4. The van der Waals surface area contributed by atoms with Gasteiger partial charge < -0.3 is 20.3 Å². The lowest BCUT2D eigenvalue weighted by atomic mass is 9.98. The number of aliphatic hydroxyl groups excluding tert-OH is 2. The molecule has 4 rings (SSSR count). The molecule has 0 amide bonds. The summed E-state index contributed by atoms with van der Waals surface area (Å²) in [6.45, 7) is -0.435. The normalized spacial score (nSPS) is 13.7. The second-order valence-corrected chi connectivity index (χ2v) is 7.42. The number of carbonyl (C=O) groups excluding carboxylic acids is 1. The zero-order valence-corrected chi connectivity index (χ0v) is 16.6. The second-order valence-electron chi connectivity index (χ2n) is 7.42. The molecule has 0 spiro atoms. The van der Waals surface area contributed by atoms with Crippen molar-refractivity contribution in [1.29, 1.82) is 0 Å². The summed E-state index contributed by atoms with van der Waals surface area (Å²) in [5, 5.41) is 21.3. The smallest absolute Gasteiger partial charge is 0.193 e. The number of hydrogen-bond acceptors (Lipinski definition) is 5. The van der Waals surface area contributed by atoms with E-state index >= 15 is 0 Å². The van der Waals surface area contributed by atoms with E-state index in [0.29, 0.717) is 35.4 Å². The number of nitrogens with one attached hydrogen (secondary N) is 1. The van der Waals surface area contributed by atoms with Crippen LogP contribution < -0.4 is 10.1 Å². The Balaban J connectivity index is 1.56. The van der Waals surface area contributed by atoms with Crippen LogP contribution in [-0.4, -0.2) is 35.3 Å². The number of rotatable bonds is 6. The Bertz CT molecular complexity index is 1130. The van der Waals surface area contributed by atoms with E-state index in [1.165, 1.54) is 12.1 Å². The molecule has 0 saturated heterocycles. The molecule has 31 heavy (non-hydrogen) atoms. The van der Waals surface area contributed by atoms with Gasteiger partial charge in [-0.3, -0.25) is 4.79 Å². The van der Waals surface area contributed by atoms with E-state index in [1.807, 2.05) is 0 Å². The topological polar surface area (TPSA) is 78.8 Å². The van der Waals surface area contributed by atoms with Crippen LogP contribution in [0.15, 0.2) is 54.6 Å². The summed E-state index contributed by atoms with van der Waals surface area (Å²) >= 11 is 0. The number of anilines is 2. The third kappa shape index (κ3) is 4.57. The number of hydrogen-bond donors (Lipinski definition) is 3. The van der Waals surface area contributed by atoms with Crippen LogP contribution in [-0.2, 0) is 12.8 Å². The summed E-state index contributed by atoms with van der Waals surface area (Å²) in [5.41, 5.74) is 3.57. The maximum absolute atomic E-state index is 14.0. The molecule has 160 valence electrons. The summed E-state index contributed by atoms with van der Waals surface area (Å²) < 4.78 is 32.6. The van der Waals surface area contributed by atoms with E-state index in [4.69, 9.17) is 9.84 Å². The van der Waals surface area contributed by atoms with Crippen LogP contribution in [0.3, 0.4) is 0 Å². The molecule has 0 fully saturated rings. The van der Waals surface area contributed by atoms with Crippen molar-refractivity contribution >= 4 is 17.2 Å². The third-order valence-corrected chi connectivity index (χ3v) is 5.20. The fourth-order valence-electron chi connectivity index (χ4n) is 3.59. The van der Waals surface area contributed by atoms with Gasteiger partial charge in [0.15, 0.2) is 5.78 Å². The van der Waals surface area contributed by atoms with Crippen LogP contribution in [0.2, 0.25) is 0 Å². The summed E-state index contributed by atoms with van der Waals surface area (Å²) in [7, 11) is 0. The van der Waals surface area contributed by atoms with Gasteiger partial charge in [-0.2, -0.15) is 0 Å². The van der Waals surface area contributed by atoms with Crippen LogP contribution >= 0.6 is 0 Å². The lowest BCUT2D eigenvalue weighted by Crippen LogP contribution is -2.21. The summed E-state index contributed by atoms with van der Waals surface area (Å²) in [6.07, 6.45) is 0.224. The van der Waals surface area contributed by atoms with Gasteiger partial charge >= 0.3 is 0 Å². The Morgan fingerprint density at radius 1 is 0.968 bits per heavy atom. The lowest BCUT2D eigenvalue weighted by molar-refractivity contribution is 0.0536. The minimum Gasteiger partial charge on any atom is -0.491 e. The number of ketones is 1. The quantitative estimate of drug-likeness (QED) is 0.560. The predicted molar refractivity (Wildman–Crippen MR) is 112 cm³/mol. The molecule has 0 bridgehead atoms. The first-order chi connectivity index (χ1) is 14.9. The average molecular weight is 425 g/mol. The van der Waals surface area contributed by atoms with Crippen LogP contribution in [0.1, 0.15) is 27.0 Å². The highest BCUT2D eigenvalue weighted by atomic mass is 19.1. The minimum absolute atomic E-state index is 0.0432. The molecule has 1 aliphatic carbocycles. The molecule has 1 atom stereocenters. The molecule has 1 aliphatic rings. The first-order valence-corrected chi connectivity index (χ1v) is 9.89. The molecule has 7 heteroatoms. The Morgan fingerprint density at radius 3 is 2.39 bits per heavy atom. The van der Waals surface area contributed by atoms with E-state index in [0.717, 1.165) is 17.2 Å². The van der Waals surface area contributed by atoms with Gasteiger partial charge in [-0.1, -0.05) is 0 Å². The fourth-order valence-corrected chi connectivity index (χ4v) is 3.59. The van der Waals surface area contributed by atoms with E-state index in [-0.39, 0.29) is 18.1 Å². The number of fused-ring (bicyclic) bond motifs is 2. The van der Waals surface area contributed by atoms with Crippen molar-refractivity contribution in [2.24, 2.45) is 0 Å². The van der Waals surface area contributed by atoms with Crippen LogP contribution in [0.5, 0.6) is 5.75 Å². The Morgan fingerprint density at radius 2 is 1.68 bits per heavy atom.